The molecule has 4 nitrogen and oxygen atoms in total. The number of hydrogen-bond acceptors (Lipinski definition) is 3. The molecular weight excluding hydrogens is 214 g/mol. The van der Waals surface area contributed by atoms with Crippen molar-refractivity contribution in [1.29, 1.82) is 0 Å². The van der Waals surface area contributed by atoms with Crippen molar-refractivity contribution in [2.45, 2.75) is 6.92 Å². The predicted molar refractivity (Wildman–Crippen MR) is 49.9 cm³/mol. The summed E-state index contributed by atoms with van der Waals surface area (Å²) in [5, 5.41) is 5.22. The quantitative estimate of drug-likeness (QED) is 0.817. The van der Waals surface area contributed by atoms with Gasteiger partial charge in [-0.3, -0.25) is 0 Å². The minimum atomic E-state index is -3.95. The van der Waals surface area contributed by atoms with Crippen LogP contribution in [-0.4, -0.2) is 8.42 Å². The van der Waals surface area contributed by atoms with Crippen LogP contribution in [0.4, 0.5) is 0 Å². The molecule has 0 unspecified atom stereocenters. The van der Waals surface area contributed by atoms with E-state index >= 15 is 0 Å². The van der Waals surface area contributed by atoms with Crippen LogP contribution in [0.5, 0.6) is 5.75 Å². The molecule has 0 atom stereocenters. The molecule has 0 aliphatic rings. The van der Waals surface area contributed by atoms with Gasteiger partial charge in [0.05, 0.1) is 0 Å². The van der Waals surface area contributed by atoms with E-state index in [0.717, 1.165) is 5.56 Å². The summed E-state index contributed by atoms with van der Waals surface area (Å²) in [4.78, 5) is 0. The van der Waals surface area contributed by atoms with Crippen molar-refractivity contribution in [2.24, 2.45) is 5.14 Å². The van der Waals surface area contributed by atoms with E-state index in [4.69, 9.17) is 11.6 Å². The number of halogens is 1. The van der Waals surface area contributed by atoms with Gasteiger partial charge in [0.15, 0.2) is 0 Å². The topological polar surface area (TPSA) is 69.4 Å². The van der Waals surface area contributed by atoms with Crippen LogP contribution in [0.3, 0.4) is 0 Å². The van der Waals surface area contributed by atoms with Crippen molar-refractivity contribution in [3.05, 3.63) is 28.8 Å². The molecule has 0 amide bonds. The van der Waals surface area contributed by atoms with Gasteiger partial charge in [-0.1, -0.05) is 11.6 Å². The first-order valence-electron chi connectivity index (χ1n) is 3.37. The molecule has 2 N–H and O–H groups in total. The summed E-state index contributed by atoms with van der Waals surface area (Å²) in [6.07, 6.45) is 0. The van der Waals surface area contributed by atoms with Gasteiger partial charge in [-0.05, 0) is 30.7 Å². The monoisotopic (exact) mass is 221 g/mol. The lowest BCUT2D eigenvalue weighted by Crippen LogP contribution is -2.18. The molecule has 6 heteroatoms. The predicted octanol–water partition coefficient (Wildman–Crippen LogP) is 1.23. The van der Waals surface area contributed by atoms with E-state index in [1.807, 2.05) is 0 Å². The lowest BCUT2D eigenvalue weighted by Gasteiger charge is -2.03. The van der Waals surface area contributed by atoms with E-state index < -0.39 is 10.3 Å². The third kappa shape index (κ3) is 3.22. The summed E-state index contributed by atoms with van der Waals surface area (Å²) in [5.41, 5.74) is 0.725. The van der Waals surface area contributed by atoms with Gasteiger partial charge in [-0.15, -0.1) is 0 Å². The molecule has 0 fully saturated rings. The van der Waals surface area contributed by atoms with Gasteiger partial charge in [0.1, 0.15) is 5.75 Å². The summed E-state index contributed by atoms with van der Waals surface area (Å²) < 4.78 is 25.5. The summed E-state index contributed by atoms with van der Waals surface area (Å²) in [5.74, 6) is 0.157. The van der Waals surface area contributed by atoms with Crippen LogP contribution in [0.1, 0.15) is 5.56 Å². The van der Waals surface area contributed by atoms with Crippen molar-refractivity contribution in [3.8, 4) is 5.75 Å². The maximum absolute atomic E-state index is 10.5. The van der Waals surface area contributed by atoms with Crippen molar-refractivity contribution in [1.82, 2.24) is 0 Å². The molecule has 72 valence electrons. The van der Waals surface area contributed by atoms with Crippen LogP contribution < -0.4 is 9.32 Å². The second kappa shape index (κ2) is 3.53. The minimum Gasteiger partial charge on any atom is -0.371 e. The normalized spacial score (nSPS) is 11.3. The molecule has 1 aromatic rings. The van der Waals surface area contributed by atoms with Gasteiger partial charge < -0.3 is 4.18 Å². The Morgan fingerprint density at radius 3 is 2.54 bits per heavy atom. The SMILES string of the molecule is Cc1cc(OS(N)(=O)=O)ccc1Cl. The molecule has 0 aromatic heterocycles. The molecular formula is C7H8ClNO3S. The molecule has 0 heterocycles. The van der Waals surface area contributed by atoms with Crippen molar-refractivity contribution in [3.63, 3.8) is 0 Å². The van der Waals surface area contributed by atoms with Crippen LogP contribution in [0.25, 0.3) is 0 Å². The average Bonchev–Trinajstić information content (AvgIpc) is 1.94. The Hall–Kier alpha value is -0.780. The fourth-order valence-corrected chi connectivity index (χ4v) is 1.29. The highest BCUT2D eigenvalue weighted by Gasteiger charge is 2.05. The third-order valence-corrected chi connectivity index (χ3v) is 2.19. The van der Waals surface area contributed by atoms with Crippen LogP contribution in [0.15, 0.2) is 18.2 Å². The highest BCUT2D eigenvalue weighted by Crippen LogP contribution is 2.21. The molecule has 0 saturated heterocycles. The van der Waals surface area contributed by atoms with E-state index in [9.17, 15) is 8.42 Å². The highest BCUT2D eigenvalue weighted by molar-refractivity contribution is 7.84. The zero-order valence-electron chi connectivity index (χ0n) is 6.82. The number of rotatable bonds is 2. The summed E-state index contributed by atoms with van der Waals surface area (Å²) in [7, 11) is -3.95. The van der Waals surface area contributed by atoms with Gasteiger partial charge in [0, 0.05) is 5.02 Å². The van der Waals surface area contributed by atoms with E-state index in [2.05, 4.69) is 9.32 Å². The molecule has 1 rings (SSSR count). The summed E-state index contributed by atoms with van der Waals surface area (Å²) in [6, 6.07) is 4.46. The first-order chi connectivity index (χ1) is 5.88. The lowest BCUT2D eigenvalue weighted by molar-refractivity contribution is 0.487. The Morgan fingerprint density at radius 2 is 2.08 bits per heavy atom. The van der Waals surface area contributed by atoms with Crippen LogP contribution in [0.2, 0.25) is 5.02 Å². The van der Waals surface area contributed by atoms with E-state index in [1.165, 1.54) is 18.2 Å². The van der Waals surface area contributed by atoms with Crippen LogP contribution >= 0.6 is 11.6 Å². The molecule has 0 bridgehead atoms. The molecule has 0 spiro atoms. The van der Waals surface area contributed by atoms with E-state index in [0.29, 0.717) is 5.02 Å². The Bertz CT molecular complexity index is 416. The zero-order valence-corrected chi connectivity index (χ0v) is 8.39. The van der Waals surface area contributed by atoms with Gasteiger partial charge in [0.25, 0.3) is 0 Å². The zero-order chi connectivity index (χ0) is 10.1. The summed E-state index contributed by atoms with van der Waals surface area (Å²) >= 11 is 5.72. The van der Waals surface area contributed by atoms with Gasteiger partial charge in [-0.25, -0.2) is 0 Å². The van der Waals surface area contributed by atoms with Gasteiger partial charge in [-0.2, -0.15) is 13.6 Å². The first kappa shape index (κ1) is 10.3. The molecule has 13 heavy (non-hydrogen) atoms. The Balaban J connectivity index is 2.99. The average molecular weight is 222 g/mol. The fourth-order valence-electron chi connectivity index (χ4n) is 0.803. The minimum absolute atomic E-state index is 0.157. The van der Waals surface area contributed by atoms with Gasteiger partial charge in [0.2, 0.25) is 0 Å². The Labute approximate surface area is 81.5 Å². The van der Waals surface area contributed by atoms with Crippen molar-refractivity contribution < 1.29 is 12.6 Å². The maximum Gasteiger partial charge on any atom is 0.380 e. The molecule has 0 saturated carbocycles. The largest absolute Gasteiger partial charge is 0.380 e. The second-order valence-corrected chi connectivity index (χ2v) is 4.05. The molecule has 0 aliphatic carbocycles. The lowest BCUT2D eigenvalue weighted by atomic mass is 10.2. The van der Waals surface area contributed by atoms with E-state index in [-0.39, 0.29) is 5.75 Å². The molecule has 0 aliphatic heterocycles. The van der Waals surface area contributed by atoms with Crippen LogP contribution in [-0.2, 0) is 10.3 Å². The van der Waals surface area contributed by atoms with Crippen molar-refractivity contribution >= 4 is 21.9 Å². The summed E-state index contributed by atoms with van der Waals surface area (Å²) in [6.45, 7) is 1.73. The van der Waals surface area contributed by atoms with Crippen molar-refractivity contribution in [2.75, 3.05) is 0 Å². The highest BCUT2D eigenvalue weighted by atomic mass is 35.5. The molecule has 1 aromatic carbocycles. The smallest absolute Gasteiger partial charge is 0.371 e. The third-order valence-electron chi connectivity index (χ3n) is 1.34. The Morgan fingerprint density at radius 1 is 1.46 bits per heavy atom. The van der Waals surface area contributed by atoms with Crippen LogP contribution in [0, 0.1) is 6.92 Å². The second-order valence-electron chi connectivity index (χ2n) is 2.49. The Kier molecular flexibility index (Phi) is 2.80. The number of aryl methyl sites for hydroxylation is 1. The number of nitrogens with two attached hydrogens (primary N) is 1. The van der Waals surface area contributed by atoms with E-state index in [1.54, 1.807) is 6.92 Å². The fraction of sp³-hybridized carbons (Fsp3) is 0.143. The standard InChI is InChI=1S/C7H8ClNO3S/c1-5-4-6(2-3-7(5)8)12-13(9,10)11/h2-4H,1H3,(H2,9,10,11). The maximum atomic E-state index is 10.5. The van der Waals surface area contributed by atoms with Gasteiger partial charge >= 0.3 is 10.3 Å². The number of benzene rings is 1. The molecule has 0 radical (unpaired) electrons. The first-order valence-corrected chi connectivity index (χ1v) is 5.22. The number of hydrogen-bond donors (Lipinski definition) is 1.